The molecule has 0 fully saturated rings. The van der Waals surface area contributed by atoms with Crippen LogP contribution in [-0.2, 0) is 0 Å². The van der Waals surface area contributed by atoms with Crippen LogP contribution in [0.25, 0.3) is 32.0 Å². The van der Waals surface area contributed by atoms with Crippen molar-refractivity contribution in [1.29, 1.82) is 0 Å². The van der Waals surface area contributed by atoms with Gasteiger partial charge in [-0.25, -0.2) is 9.97 Å². The summed E-state index contributed by atoms with van der Waals surface area (Å²) in [6, 6.07) is 14.1. The Hall–Kier alpha value is -2.79. The first-order valence-electron chi connectivity index (χ1n) is 7.26. The third-order valence-corrected chi connectivity index (χ3v) is 5.03. The van der Waals surface area contributed by atoms with E-state index in [1.807, 2.05) is 30.3 Å². The number of nitrogen functional groups attached to an aromatic ring is 1. The van der Waals surface area contributed by atoms with Crippen LogP contribution in [-0.4, -0.2) is 15.0 Å². The molecule has 0 bridgehead atoms. The molecule has 2 N–H and O–H groups in total. The van der Waals surface area contributed by atoms with Crippen LogP contribution in [0.15, 0.2) is 54.9 Å². The maximum Gasteiger partial charge on any atom is 0.163 e. The number of hydrogen-bond donors (Lipinski definition) is 1. The lowest BCUT2D eigenvalue weighted by Gasteiger charge is -2.03. The fraction of sp³-hybridized carbons (Fsp3) is 0.0556. The Morgan fingerprint density at radius 3 is 2.39 bits per heavy atom. The highest BCUT2D eigenvalue weighted by atomic mass is 32.1. The molecule has 3 aromatic heterocycles. The molecule has 23 heavy (non-hydrogen) atoms. The van der Waals surface area contributed by atoms with Crippen molar-refractivity contribution in [3.8, 4) is 21.8 Å². The highest BCUT2D eigenvalue weighted by Crippen LogP contribution is 2.39. The van der Waals surface area contributed by atoms with Gasteiger partial charge in [0.2, 0.25) is 0 Å². The number of benzene rings is 1. The molecule has 0 aliphatic carbocycles. The monoisotopic (exact) mass is 318 g/mol. The fourth-order valence-corrected chi connectivity index (χ4v) is 3.86. The second-order valence-electron chi connectivity index (χ2n) is 5.27. The lowest BCUT2D eigenvalue weighted by atomic mass is 10.1. The maximum absolute atomic E-state index is 6.23. The summed E-state index contributed by atoms with van der Waals surface area (Å²) >= 11 is 1.65. The van der Waals surface area contributed by atoms with Crippen molar-refractivity contribution in [2.45, 2.75) is 6.92 Å². The van der Waals surface area contributed by atoms with E-state index < -0.39 is 0 Å². The molecule has 4 rings (SSSR count). The van der Waals surface area contributed by atoms with Crippen molar-refractivity contribution < 1.29 is 0 Å². The molecule has 0 aliphatic rings. The smallest absolute Gasteiger partial charge is 0.163 e. The number of thiophene rings is 1. The number of anilines is 1. The molecule has 0 unspecified atom stereocenters. The van der Waals surface area contributed by atoms with E-state index in [0.29, 0.717) is 11.6 Å². The molecule has 1 aromatic carbocycles. The molecule has 0 amide bonds. The molecule has 4 aromatic rings. The Balaban J connectivity index is 1.94. The summed E-state index contributed by atoms with van der Waals surface area (Å²) in [5, 5.41) is 0.951. The van der Waals surface area contributed by atoms with E-state index in [4.69, 9.17) is 10.7 Å². The van der Waals surface area contributed by atoms with Crippen LogP contribution >= 0.6 is 11.3 Å². The van der Waals surface area contributed by atoms with Crippen molar-refractivity contribution in [2.24, 2.45) is 0 Å². The van der Waals surface area contributed by atoms with Crippen molar-refractivity contribution in [3.63, 3.8) is 0 Å². The Labute approximate surface area is 137 Å². The molecule has 0 saturated heterocycles. The fourth-order valence-electron chi connectivity index (χ4n) is 2.66. The number of aryl methyl sites for hydroxylation is 1. The molecule has 0 aliphatic heterocycles. The first kappa shape index (κ1) is 13.8. The summed E-state index contributed by atoms with van der Waals surface area (Å²) < 4.78 is 0. The Morgan fingerprint density at radius 2 is 1.65 bits per heavy atom. The van der Waals surface area contributed by atoms with Gasteiger partial charge in [-0.3, -0.25) is 4.98 Å². The zero-order chi connectivity index (χ0) is 15.8. The van der Waals surface area contributed by atoms with Gasteiger partial charge in [0.15, 0.2) is 5.82 Å². The van der Waals surface area contributed by atoms with Crippen molar-refractivity contribution in [3.05, 3.63) is 60.4 Å². The summed E-state index contributed by atoms with van der Waals surface area (Å²) in [6.45, 7) is 2.08. The number of fused-ring (bicyclic) bond motifs is 1. The van der Waals surface area contributed by atoms with Gasteiger partial charge >= 0.3 is 0 Å². The third-order valence-electron chi connectivity index (χ3n) is 3.79. The lowest BCUT2D eigenvalue weighted by molar-refractivity contribution is 1.23. The highest BCUT2D eigenvalue weighted by molar-refractivity contribution is 7.22. The predicted octanol–water partition coefficient (Wildman–Crippen LogP) is 4.31. The van der Waals surface area contributed by atoms with Gasteiger partial charge in [0.25, 0.3) is 0 Å². The van der Waals surface area contributed by atoms with E-state index in [0.717, 1.165) is 21.3 Å². The van der Waals surface area contributed by atoms with Gasteiger partial charge in [0.05, 0.1) is 5.39 Å². The zero-order valence-electron chi connectivity index (χ0n) is 12.5. The number of hydrogen-bond acceptors (Lipinski definition) is 5. The van der Waals surface area contributed by atoms with Gasteiger partial charge in [-0.1, -0.05) is 30.3 Å². The first-order chi connectivity index (χ1) is 11.2. The predicted molar refractivity (Wildman–Crippen MR) is 95.2 cm³/mol. The summed E-state index contributed by atoms with van der Waals surface area (Å²) in [4.78, 5) is 15.3. The molecule has 0 spiro atoms. The van der Waals surface area contributed by atoms with E-state index in [1.165, 1.54) is 10.4 Å². The second kappa shape index (κ2) is 5.44. The van der Waals surface area contributed by atoms with Crippen LogP contribution in [0.2, 0.25) is 0 Å². The molecular formula is C18H14N4S. The van der Waals surface area contributed by atoms with Crippen LogP contribution in [0.4, 0.5) is 5.82 Å². The van der Waals surface area contributed by atoms with E-state index in [1.54, 1.807) is 23.7 Å². The zero-order valence-corrected chi connectivity index (χ0v) is 13.3. The number of rotatable bonds is 2. The minimum absolute atomic E-state index is 0.526. The van der Waals surface area contributed by atoms with Crippen molar-refractivity contribution in [2.75, 3.05) is 5.73 Å². The number of nitrogens with zero attached hydrogens (tertiary/aromatic N) is 3. The average Bonchev–Trinajstić information content (AvgIpc) is 2.94. The highest BCUT2D eigenvalue weighted by Gasteiger charge is 2.16. The summed E-state index contributed by atoms with van der Waals surface area (Å²) in [5.74, 6) is 1.16. The lowest BCUT2D eigenvalue weighted by Crippen LogP contribution is -1.97. The van der Waals surface area contributed by atoms with Crippen molar-refractivity contribution >= 4 is 27.4 Å². The maximum atomic E-state index is 6.23. The minimum Gasteiger partial charge on any atom is -0.383 e. The standard InChI is InChI=1S/C18H14N4S/c1-11-14-16(19)21-17(13-7-9-20-10-8-13)22-18(14)23-15(11)12-5-3-2-4-6-12/h2-10H,1H3,(H2,19,21,22). The average molecular weight is 318 g/mol. The van der Waals surface area contributed by atoms with Crippen molar-refractivity contribution in [1.82, 2.24) is 15.0 Å². The number of pyridine rings is 1. The van der Waals surface area contributed by atoms with Crippen LogP contribution in [0.5, 0.6) is 0 Å². The van der Waals surface area contributed by atoms with Crippen LogP contribution in [0, 0.1) is 6.92 Å². The summed E-state index contributed by atoms with van der Waals surface area (Å²) in [5.41, 5.74) is 9.46. The van der Waals surface area contributed by atoms with Crippen LogP contribution in [0.1, 0.15) is 5.56 Å². The largest absolute Gasteiger partial charge is 0.383 e. The van der Waals surface area contributed by atoms with Gasteiger partial charge in [-0.15, -0.1) is 11.3 Å². The van der Waals surface area contributed by atoms with E-state index in [2.05, 4.69) is 29.0 Å². The molecule has 112 valence electrons. The Morgan fingerprint density at radius 1 is 0.913 bits per heavy atom. The molecule has 3 heterocycles. The number of nitrogens with two attached hydrogens (primary N) is 1. The van der Waals surface area contributed by atoms with E-state index >= 15 is 0 Å². The van der Waals surface area contributed by atoms with Gasteiger partial charge in [-0.2, -0.15) is 0 Å². The Kier molecular flexibility index (Phi) is 3.28. The molecule has 4 nitrogen and oxygen atoms in total. The van der Waals surface area contributed by atoms with E-state index in [-0.39, 0.29) is 0 Å². The second-order valence-corrected chi connectivity index (χ2v) is 6.27. The summed E-state index contributed by atoms with van der Waals surface area (Å²) in [6.07, 6.45) is 3.46. The Bertz CT molecular complexity index is 978. The van der Waals surface area contributed by atoms with Gasteiger partial charge < -0.3 is 5.73 Å². The van der Waals surface area contributed by atoms with Gasteiger partial charge in [0, 0.05) is 22.8 Å². The number of aromatic nitrogens is 3. The molecular weight excluding hydrogens is 304 g/mol. The van der Waals surface area contributed by atoms with Gasteiger partial charge in [0.1, 0.15) is 10.6 Å². The van der Waals surface area contributed by atoms with Crippen LogP contribution < -0.4 is 5.73 Å². The van der Waals surface area contributed by atoms with E-state index in [9.17, 15) is 0 Å². The minimum atomic E-state index is 0.526. The molecule has 5 heteroatoms. The SMILES string of the molecule is Cc1c(-c2ccccc2)sc2nc(-c3ccncc3)nc(N)c12. The normalized spacial score (nSPS) is 11.0. The first-order valence-corrected chi connectivity index (χ1v) is 8.08. The molecule has 0 atom stereocenters. The van der Waals surface area contributed by atoms with Crippen LogP contribution in [0.3, 0.4) is 0 Å². The third kappa shape index (κ3) is 2.35. The topological polar surface area (TPSA) is 64.7 Å². The summed E-state index contributed by atoms with van der Waals surface area (Å²) in [7, 11) is 0. The quantitative estimate of drug-likeness (QED) is 0.598. The molecule has 0 saturated carbocycles. The van der Waals surface area contributed by atoms with Gasteiger partial charge in [-0.05, 0) is 30.2 Å². The molecule has 0 radical (unpaired) electrons.